The summed E-state index contributed by atoms with van der Waals surface area (Å²) in [6, 6.07) is 13.7. The van der Waals surface area contributed by atoms with Crippen LogP contribution >= 0.6 is 0 Å². The van der Waals surface area contributed by atoms with Crippen LogP contribution in [0.15, 0.2) is 48.5 Å². The van der Waals surface area contributed by atoms with Gasteiger partial charge in [-0.25, -0.2) is 4.79 Å². The van der Waals surface area contributed by atoms with E-state index in [2.05, 4.69) is 5.32 Å². The number of halogens is 3. The number of rotatable bonds is 6. The van der Waals surface area contributed by atoms with Gasteiger partial charge in [-0.3, -0.25) is 14.9 Å². The minimum absolute atomic E-state index is 0.243. The molecule has 0 spiro atoms. The molecule has 1 fully saturated rings. The average Bonchev–Trinajstić information content (AvgIpc) is 3.39. The molecule has 0 saturated carbocycles. The number of aliphatic carboxylic acids is 1. The van der Waals surface area contributed by atoms with Crippen molar-refractivity contribution >= 4 is 18.0 Å². The first kappa shape index (κ1) is 24.5. The van der Waals surface area contributed by atoms with Crippen LogP contribution in [-0.2, 0) is 19.1 Å². The van der Waals surface area contributed by atoms with Crippen molar-refractivity contribution in [3.63, 3.8) is 0 Å². The van der Waals surface area contributed by atoms with Crippen LogP contribution in [0.4, 0.5) is 18.0 Å². The van der Waals surface area contributed by atoms with E-state index in [1.165, 1.54) is 0 Å². The second kappa shape index (κ2) is 9.21. The summed E-state index contributed by atoms with van der Waals surface area (Å²) in [6.07, 6.45) is -6.62. The Hall–Kier alpha value is -3.60. The normalized spacial score (nSPS) is 20.9. The number of alkyl carbamates (subject to hydrolysis) is 1. The highest BCUT2D eigenvalue weighted by molar-refractivity contribution is 5.91. The minimum atomic E-state index is -5.19. The van der Waals surface area contributed by atoms with Crippen LogP contribution in [0.3, 0.4) is 0 Å². The highest BCUT2D eigenvalue weighted by atomic mass is 19.4. The molecule has 0 aromatic heterocycles. The van der Waals surface area contributed by atoms with Crippen molar-refractivity contribution in [3.8, 4) is 11.1 Å². The second-order valence-corrected chi connectivity index (χ2v) is 8.64. The van der Waals surface area contributed by atoms with Crippen LogP contribution in [0.1, 0.15) is 24.0 Å². The standard InChI is InChI=1S/C24H23F3N2O6/c1-23(24(25,26)27,21(32)28-19-12-34-10-18(19)20(30)31)29-22(33)35-11-17-15-8-4-2-6-13(15)14-7-3-5-9-16(14)17/h2-9,17-19H,10-12H2,1H3,(H,28,32)(H,29,33)(H,30,31). The Bertz CT molecular complexity index is 1110. The lowest BCUT2D eigenvalue weighted by molar-refractivity contribution is -0.194. The Kier molecular flexibility index (Phi) is 6.46. The van der Waals surface area contributed by atoms with Gasteiger partial charge in [0, 0.05) is 5.92 Å². The Morgan fingerprint density at radius 3 is 2.14 bits per heavy atom. The number of carbonyl (C=O) groups is 3. The third kappa shape index (κ3) is 4.55. The van der Waals surface area contributed by atoms with E-state index in [4.69, 9.17) is 9.47 Å². The van der Waals surface area contributed by atoms with Crippen LogP contribution in [0.2, 0.25) is 0 Å². The summed E-state index contributed by atoms with van der Waals surface area (Å²) in [7, 11) is 0. The van der Waals surface area contributed by atoms with Gasteiger partial charge in [-0.15, -0.1) is 0 Å². The number of amides is 2. The molecular weight excluding hydrogens is 469 g/mol. The number of alkyl halides is 3. The Balaban J connectivity index is 1.47. The van der Waals surface area contributed by atoms with Crippen molar-refractivity contribution in [2.75, 3.05) is 19.8 Å². The van der Waals surface area contributed by atoms with Crippen molar-refractivity contribution < 1.29 is 42.1 Å². The fourth-order valence-electron chi connectivity index (χ4n) is 4.35. The van der Waals surface area contributed by atoms with Crippen LogP contribution in [0, 0.1) is 5.92 Å². The number of carboxylic acid groups (broad SMARTS) is 1. The Morgan fingerprint density at radius 2 is 1.60 bits per heavy atom. The van der Waals surface area contributed by atoms with Crippen molar-refractivity contribution in [3.05, 3.63) is 59.7 Å². The number of benzene rings is 2. The molecule has 2 aromatic rings. The van der Waals surface area contributed by atoms with E-state index in [0.29, 0.717) is 6.92 Å². The number of fused-ring (bicyclic) bond motifs is 3. The van der Waals surface area contributed by atoms with Gasteiger partial charge in [0.25, 0.3) is 5.91 Å². The van der Waals surface area contributed by atoms with Crippen molar-refractivity contribution in [1.29, 1.82) is 0 Å². The summed E-state index contributed by atoms with van der Waals surface area (Å²) in [6.45, 7) is -0.257. The van der Waals surface area contributed by atoms with E-state index in [1.54, 1.807) is 5.32 Å². The maximum Gasteiger partial charge on any atom is 0.420 e. The fourth-order valence-corrected chi connectivity index (χ4v) is 4.35. The van der Waals surface area contributed by atoms with Crippen LogP contribution in [0.25, 0.3) is 11.1 Å². The molecule has 11 heteroatoms. The predicted octanol–water partition coefficient (Wildman–Crippen LogP) is 3.06. The third-order valence-electron chi connectivity index (χ3n) is 6.43. The number of nitrogens with one attached hydrogen (secondary N) is 2. The summed E-state index contributed by atoms with van der Waals surface area (Å²) in [5, 5.41) is 12.9. The van der Waals surface area contributed by atoms with Crippen LogP contribution in [0.5, 0.6) is 0 Å². The van der Waals surface area contributed by atoms with E-state index in [0.717, 1.165) is 22.3 Å². The smallest absolute Gasteiger partial charge is 0.420 e. The number of carboxylic acids is 1. The second-order valence-electron chi connectivity index (χ2n) is 8.64. The molecule has 3 unspecified atom stereocenters. The van der Waals surface area contributed by atoms with Crippen LogP contribution in [-0.4, -0.2) is 60.7 Å². The van der Waals surface area contributed by atoms with Gasteiger partial charge < -0.3 is 19.9 Å². The highest BCUT2D eigenvalue weighted by Gasteiger charge is 2.59. The Labute approximate surface area is 198 Å². The van der Waals surface area contributed by atoms with Crippen LogP contribution < -0.4 is 10.6 Å². The number of hydrogen-bond acceptors (Lipinski definition) is 5. The van der Waals surface area contributed by atoms with Gasteiger partial charge >= 0.3 is 18.2 Å². The van der Waals surface area contributed by atoms with Gasteiger partial charge in [0.2, 0.25) is 5.54 Å². The summed E-state index contributed by atoms with van der Waals surface area (Å²) < 4.78 is 51.8. The maximum atomic E-state index is 13.9. The van der Waals surface area contributed by atoms with Gasteiger partial charge in [0.05, 0.1) is 19.3 Å². The third-order valence-corrected chi connectivity index (χ3v) is 6.43. The van der Waals surface area contributed by atoms with E-state index in [1.807, 2.05) is 48.5 Å². The zero-order valence-corrected chi connectivity index (χ0v) is 18.6. The van der Waals surface area contributed by atoms with Gasteiger partial charge in [-0.1, -0.05) is 48.5 Å². The van der Waals surface area contributed by atoms with Gasteiger partial charge in [-0.05, 0) is 29.2 Å². The largest absolute Gasteiger partial charge is 0.481 e. The molecule has 1 saturated heterocycles. The molecule has 35 heavy (non-hydrogen) atoms. The lowest BCUT2D eigenvalue weighted by Crippen LogP contribution is -2.67. The zero-order chi connectivity index (χ0) is 25.4. The molecule has 1 aliphatic carbocycles. The molecular formula is C24H23F3N2O6. The number of carbonyl (C=O) groups excluding carboxylic acids is 2. The number of ether oxygens (including phenoxy) is 2. The van der Waals surface area contributed by atoms with E-state index >= 15 is 0 Å². The minimum Gasteiger partial charge on any atom is -0.481 e. The van der Waals surface area contributed by atoms with Crippen molar-refractivity contribution in [1.82, 2.24) is 10.6 Å². The molecule has 186 valence electrons. The molecule has 2 aliphatic rings. The number of hydrogen-bond donors (Lipinski definition) is 3. The lowest BCUT2D eigenvalue weighted by atomic mass is 9.97. The molecule has 0 bridgehead atoms. The average molecular weight is 492 g/mol. The van der Waals surface area contributed by atoms with Crippen molar-refractivity contribution in [2.24, 2.45) is 5.92 Å². The highest BCUT2D eigenvalue weighted by Crippen LogP contribution is 2.44. The molecule has 2 amide bonds. The van der Waals surface area contributed by atoms with Crippen molar-refractivity contribution in [2.45, 2.75) is 30.6 Å². The molecule has 2 aromatic carbocycles. The predicted molar refractivity (Wildman–Crippen MR) is 117 cm³/mol. The van der Waals surface area contributed by atoms with E-state index in [9.17, 15) is 32.7 Å². The molecule has 0 radical (unpaired) electrons. The SMILES string of the molecule is CC(NC(=O)OCC1c2ccccc2-c2ccccc21)(C(=O)NC1COCC1C(=O)O)C(F)(F)F. The summed E-state index contributed by atoms with van der Waals surface area (Å²) in [4.78, 5) is 36.3. The van der Waals surface area contributed by atoms with Gasteiger partial charge in [0.1, 0.15) is 12.5 Å². The summed E-state index contributed by atoms with van der Waals surface area (Å²) in [5.74, 6) is -4.51. The van der Waals surface area contributed by atoms with Gasteiger partial charge in [-0.2, -0.15) is 13.2 Å². The topological polar surface area (TPSA) is 114 Å². The van der Waals surface area contributed by atoms with Gasteiger partial charge in [0.15, 0.2) is 0 Å². The molecule has 3 atom stereocenters. The summed E-state index contributed by atoms with van der Waals surface area (Å²) in [5.41, 5.74) is 0.283. The molecule has 1 heterocycles. The molecule has 8 nitrogen and oxygen atoms in total. The van der Waals surface area contributed by atoms with E-state index < -0.39 is 41.6 Å². The molecule has 1 aliphatic heterocycles. The first-order chi connectivity index (χ1) is 16.5. The molecule has 3 N–H and O–H groups in total. The Morgan fingerprint density at radius 1 is 1.03 bits per heavy atom. The monoisotopic (exact) mass is 492 g/mol. The fraction of sp³-hybridized carbons (Fsp3) is 0.375. The van der Waals surface area contributed by atoms with E-state index in [-0.39, 0.29) is 25.7 Å². The quantitative estimate of drug-likeness (QED) is 0.571. The molecule has 4 rings (SSSR count). The first-order valence-electron chi connectivity index (χ1n) is 10.8. The lowest BCUT2D eigenvalue weighted by Gasteiger charge is -2.32. The summed E-state index contributed by atoms with van der Waals surface area (Å²) >= 11 is 0. The zero-order valence-electron chi connectivity index (χ0n) is 18.6. The maximum absolute atomic E-state index is 13.9. The first-order valence-corrected chi connectivity index (χ1v) is 10.8.